The molecule has 0 radical (unpaired) electrons. The summed E-state index contributed by atoms with van der Waals surface area (Å²) in [6.45, 7) is 3.28. The van der Waals surface area contributed by atoms with Gasteiger partial charge in [-0.05, 0) is 6.92 Å². The van der Waals surface area contributed by atoms with E-state index in [4.69, 9.17) is 0 Å². The third kappa shape index (κ3) is 4.51. The minimum absolute atomic E-state index is 0.624. The maximum absolute atomic E-state index is 13.3. The molecule has 0 unspecified atom stereocenters. The van der Waals surface area contributed by atoms with E-state index >= 15 is 0 Å². The van der Waals surface area contributed by atoms with E-state index in [-0.39, 0.29) is 0 Å². The SMILES string of the molecule is C=C(C)C(=O)OC(F)(F)CC(F)(F)C(F)(F)C(F)(F)C(F)(F)C(F)(F)C(F)(F)F. The van der Waals surface area contributed by atoms with E-state index in [9.17, 15) is 70.7 Å². The van der Waals surface area contributed by atoms with Crippen LogP contribution in [0.25, 0.3) is 0 Å². The second kappa shape index (κ2) is 7.14. The van der Waals surface area contributed by atoms with E-state index in [1.165, 1.54) is 0 Å². The van der Waals surface area contributed by atoms with Crippen LogP contribution < -0.4 is 0 Å². The number of ether oxygens (including phenoxy) is 1. The second-order valence-electron chi connectivity index (χ2n) is 5.48. The normalized spacial score (nSPS) is 15.3. The Morgan fingerprint density at radius 3 is 1.34 bits per heavy atom. The largest absolute Gasteiger partial charge is 0.460 e. The summed E-state index contributed by atoms with van der Waals surface area (Å²) in [6, 6.07) is 0. The van der Waals surface area contributed by atoms with Crippen molar-refractivity contribution in [1.82, 2.24) is 0 Å². The van der Waals surface area contributed by atoms with Gasteiger partial charge >= 0.3 is 47.9 Å². The molecule has 0 amide bonds. The van der Waals surface area contributed by atoms with Crippen LogP contribution >= 0.6 is 0 Å². The van der Waals surface area contributed by atoms with Crippen LogP contribution in [0.4, 0.5) is 65.9 Å². The lowest BCUT2D eigenvalue weighted by atomic mass is 9.92. The van der Waals surface area contributed by atoms with Crippen LogP contribution in [0.2, 0.25) is 0 Å². The molecule has 0 aromatic rings. The van der Waals surface area contributed by atoms with Crippen molar-refractivity contribution < 1.29 is 75.4 Å². The number of halogens is 15. The van der Waals surface area contributed by atoms with Crippen LogP contribution in [0.1, 0.15) is 13.3 Å². The molecular weight excluding hydrogens is 461 g/mol. The Labute approximate surface area is 150 Å². The van der Waals surface area contributed by atoms with Crippen molar-refractivity contribution in [3.05, 3.63) is 12.2 Å². The van der Waals surface area contributed by atoms with E-state index in [0.717, 1.165) is 0 Å². The van der Waals surface area contributed by atoms with E-state index < -0.39 is 59.9 Å². The molecular formula is C12H7F15O2. The molecule has 0 saturated carbocycles. The Morgan fingerprint density at radius 1 is 0.690 bits per heavy atom. The molecule has 0 fully saturated rings. The Morgan fingerprint density at radius 2 is 1.03 bits per heavy atom. The number of rotatable bonds is 8. The molecule has 0 bridgehead atoms. The quantitative estimate of drug-likeness (QED) is 0.255. The van der Waals surface area contributed by atoms with Gasteiger partial charge in [0.1, 0.15) is 6.42 Å². The zero-order valence-corrected chi connectivity index (χ0v) is 13.4. The molecule has 0 aliphatic carbocycles. The smallest absolute Gasteiger partial charge is 0.397 e. The van der Waals surface area contributed by atoms with Gasteiger partial charge in [-0.25, -0.2) is 4.79 Å². The Kier molecular flexibility index (Phi) is 6.69. The highest BCUT2D eigenvalue weighted by molar-refractivity contribution is 5.87. The summed E-state index contributed by atoms with van der Waals surface area (Å²) in [5.74, 6) is -41.6. The molecule has 2 nitrogen and oxygen atoms in total. The van der Waals surface area contributed by atoms with Gasteiger partial charge in [0.2, 0.25) is 0 Å². The third-order valence-corrected chi connectivity index (χ3v) is 3.02. The summed E-state index contributed by atoms with van der Waals surface area (Å²) in [6.07, 6.45) is -17.4. The summed E-state index contributed by atoms with van der Waals surface area (Å²) < 4.78 is 195. The lowest BCUT2D eigenvalue weighted by Crippen LogP contribution is -2.70. The second-order valence-corrected chi connectivity index (χ2v) is 5.48. The van der Waals surface area contributed by atoms with Gasteiger partial charge in [0, 0.05) is 5.57 Å². The third-order valence-electron chi connectivity index (χ3n) is 3.02. The number of alkyl halides is 15. The van der Waals surface area contributed by atoms with E-state index in [1.54, 1.807) is 0 Å². The molecule has 17 heteroatoms. The number of hydrogen-bond donors (Lipinski definition) is 0. The topological polar surface area (TPSA) is 26.3 Å². The van der Waals surface area contributed by atoms with Gasteiger partial charge in [-0.2, -0.15) is 65.9 Å². The first-order valence-corrected chi connectivity index (χ1v) is 6.51. The average molecular weight is 468 g/mol. The predicted molar refractivity (Wildman–Crippen MR) is 61.3 cm³/mol. The van der Waals surface area contributed by atoms with Crippen molar-refractivity contribution in [2.45, 2.75) is 55.2 Å². The first-order valence-electron chi connectivity index (χ1n) is 6.51. The molecule has 0 aliphatic heterocycles. The van der Waals surface area contributed by atoms with E-state index in [1.807, 2.05) is 0 Å². The van der Waals surface area contributed by atoms with Crippen molar-refractivity contribution in [2.24, 2.45) is 0 Å². The van der Waals surface area contributed by atoms with Crippen molar-refractivity contribution >= 4 is 5.97 Å². The lowest BCUT2D eigenvalue weighted by Gasteiger charge is -2.40. The molecule has 0 N–H and O–H groups in total. The Bertz CT molecular complexity index is 646. The van der Waals surface area contributed by atoms with Gasteiger partial charge < -0.3 is 4.74 Å². The Hall–Kier alpha value is -1.84. The number of esters is 1. The zero-order chi connectivity index (χ0) is 24.1. The molecule has 0 rings (SSSR count). The van der Waals surface area contributed by atoms with Gasteiger partial charge in [0.05, 0.1) is 0 Å². The molecule has 0 spiro atoms. The highest BCUT2D eigenvalue weighted by Gasteiger charge is 2.91. The first kappa shape index (κ1) is 27.2. The fourth-order valence-electron chi connectivity index (χ4n) is 1.43. The highest BCUT2D eigenvalue weighted by Crippen LogP contribution is 2.61. The molecule has 0 saturated heterocycles. The maximum Gasteiger partial charge on any atom is 0.460 e. The van der Waals surface area contributed by atoms with Crippen LogP contribution in [0.3, 0.4) is 0 Å². The van der Waals surface area contributed by atoms with Crippen molar-refractivity contribution in [2.75, 3.05) is 0 Å². The van der Waals surface area contributed by atoms with Crippen LogP contribution in [0.15, 0.2) is 12.2 Å². The monoisotopic (exact) mass is 468 g/mol. The minimum atomic E-state index is -8.21. The summed E-state index contributed by atoms with van der Waals surface area (Å²) in [5, 5.41) is 0. The van der Waals surface area contributed by atoms with Crippen LogP contribution in [-0.2, 0) is 9.53 Å². The van der Waals surface area contributed by atoms with Gasteiger partial charge in [-0.1, -0.05) is 6.58 Å². The van der Waals surface area contributed by atoms with Crippen molar-refractivity contribution in [3.8, 4) is 0 Å². The van der Waals surface area contributed by atoms with Gasteiger partial charge in [-0.3, -0.25) is 0 Å². The van der Waals surface area contributed by atoms with Gasteiger partial charge in [0.15, 0.2) is 0 Å². The summed E-state index contributed by atoms with van der Waals surface area (Å²) in [5.41, 5.74) is -0.957. The molecule has 0 aliphatic rings. The van der Waals surface area contributed by atoms with Crippen LogP contribution in [-0.4, -0.2) is 47.9 Å². The molecule has 0 atom stereocenters. The summed E-state index contributed by atoms with van der Waals surface area (Å²) >= 11 is 0. The summed E-state index contributed by atoms with van der Waals surface area (Å²) in [4.78, 5) is 10.8. The number of hydrogen-bond acceptors (Lipinski definition) is 2. The Balaban J connectivity index is 6.17. The van der Waals surface area contributed by atoms with E-state index in [2.05, 4.69) is 11.3 Å². The van der Waals surface area contributed by atoms with Gasteiger partial charge in [0.25, 0.3) is 0 Å². The van der Waals surface area contributed by atoms with Crippen LogP contribution in [0.5, 0.6) is 0 Å². The predicted octanol–water partition coefficient (Wildman–Crippen LogP) is 5.83. The van der Waals surface area contributed by atoms with Crippen LogP contribution in [0, 0.1) is 0 Å². The fraction of sp³-hybridized carbons (Fsp3) is 0.750. The molecule has 172 valence electrons. The van der Waals surface area contributed by atoms with Crippen molar-refractivity contribution in [1.29, 1.82) is 0 Å². The summed E-state index contributed by atoms with van der Waals surface area (Å²) in [7, 11) is 0. The molecule has 0 aromatic carbocycles. The zero-order valence-electron chi connectivity index (χ0n) is 13.4. The molecule has 0 heterocycles. The number of carbonyl (C=O) groups is 1. The minimum Gasteiger partial charge on any atom is -0.397 e. The lowest BCUT2D eigenvalue weighted by molar-refractivity contribution is -0.443. The molecule has 0 aromatic heterocycles. The average Bonchev–Trinajstić information content (AvgIpc) is 2.43. The molecule has 29 heavy (non-hydrogen) atoms. The standard InChI is InChI=1S/C12H7F15O2/c1-4(2)5(28)29-7(15,16)3-6(13,14)8(17,18)9(19,20)10(21,22)11(23,24)12(25,26)27/h1,3H2,2H3. The highest BCUT2D eigenvalue weighted by atomic mass is 19.4. The van der Waals surface area contributed by atoms with Crippen molar-refractivity contribution in [3.63, 3.8) is 0 Å². The number of carbonyl (C=O) groups excluding carboxylic acids is 1. The maximum atomic E-state index is 13.3. The first-order chi connectivity index (χ1) is 12.3. The fourth-order valence-corrected chi connectivity index (χ4v) is 1.43. The van der Waals surface area contributed by atoms with Gasteiger partial charge in [-0.15, -0.1) is 0 Å². The van der Waals surface area contributed by atoms with E-state index in [0.29, 0.717) is 6.92 Å².